The lowest BCUT2D eigenvalue weighted by Gasteiger charge is -1.88. The van der Waals surface area contributed by atoms with E-state index in [1.54, 1.807) is 0 Å². The predicted molar refractivity (Wildman–Crippen MR) is 45.2 cm³/mol. The fraction of sp³-hybridized carbons (Fsp3) is 0.667. The first-order valence-corrected chi connectivity index (χ1v) is 4.62. The van der Waals surface area contributed by atoms with E-state index in [9.17, 15) is 8.42 Å². The molecule has 0 aromatic carbocycles. The molecule has 0 radical (unpaired) electrons. The molecule has 0 aromatic rings. The third-order valence-electron chi connectivity index (χ3n) is 0.471. The Bertz CT molecular complexity index is 170. The van der Waals surface area contributed by atoms with Gasteiger partial charge in [0, 0.05) is 0 Å². The highest BCUT2D eigenvalue weighted by atomic mass is 32.3. The average molecular weight is 198 g/mol. The van der Waals surface area contributed by atoms with Gasteiger partial charge in [-0.3, -0.25) is 4.55 Å². The molecule has 12 heavy (non-hydrogen) atoms. The molecule has 1 heterocycles. The molecular formula is C6H14O5S. The summed E-state index contributed by atoms with van der Waals surface area (Å²) in [6.07, 6.45) is 0. The number of hydrogen-bond acceptors (Lipinski definition) is 4. The maximum Gasteiger partial charge on any atom is 0.397 e. The smallest absolute Gasteiger partial charge is 0.377 e. The van der Waals surface area contributed by atoms with Gasteiger partial charge in [0.25, 0.3) is 0 Å². The molecule has 1 fully saturated rings. The lowest BCUT2D eigenvalue weighted by atomic mass is 10.9. The molecule has 1 rings (SSSR count). The first kappa shape index (κ1) is 14.1. The molecule has 0 aromatic heterocycles. The summed E-state index contributed by atoms with van der Waals surface area (Å²) in [6.45, 7) is 9.44. The summed E-state index contributed by atoms with van der Waals surface area (Å²) in [5, 5.41) is 0. The van der Waals surface area contributed by atoms with Gasteiger partial charge in [-0.25, -0.2) is 4.18 Å². The summed E-state index contributed by atoms with van der Waals surface area (Å²) in [5.74, 6) is 0. The lowest BCUT2D eigenvalue weighted by Crippen LogP contribution is -2.01. The van der Waals surface area contributed by atoms with E-state index in [0.29, 0.717) is 0 Å². The molecule has 5 nitrogen and oxygen atoms in total. The highest BCUT2D eigenvalue weighted by Gasteiger charge is 1.98. The van der Waals surface area contributed by atoms with E-state index in [2.05, 4.69) is 22.1 Å². The third kappa shape index (κ3) is 33.7. The Kier molecular flexibility index (Phi) is 10.2. The van der Waals surface area contributed by atoms with Crippen LogP contribution in [-0.2, 0) is 19.3 Å². The van der Waals surface area contributed by atoms with Crippen LogP contribution in [0.5, 0.6) is 0 Å². The minimum absolute atomic E-state index is 0.0289. The SMILES string of the molecule is C1CO1.C=C.CCOS(=O)(=O)O. The summed E-state index contributed by atoms with van der Waals surface area (Å²) in [7, 11) is -4.17. The first-order valence-electron chi connectivity index (χ1n) is 3.26. The molecular weight excluding hydrogens is 184 g/mol. The Balaban J connectivity index is 0. The Hall–Kier alpha value is -0.430. The van der Waals surface area contributed by atoms with E-state index in [1.165, 1.54) is 6.92 Å². The van der Waals surface area contributed by atoms with Crippen LogP contribution >= 0.6 is 0 Å². The predicted octanol–water partition coefficient (Wildman–Crippen LogP) is 0.645. The van der Waals surface area contributed by atoms with Gasteiger partial charge in [0.05, 0.1) is 19.8 Å². The second-order valence-electron chi connectivity index (χ2n) is 1.45. The van der Waals surface area contributed by atoms with Crippen molar-refractivity contribution >= 4 is 10.4 Å². The van der Waals surface area contributed by atoms with Crippen LogP contribution in [0.15, 0.2) is 13.2 Å². The van der Waals surface area contributed by atoms with E-state index < -0.39 is 10.4 Å². The fourth-order valence-electron chi connectivity index (χ4n) is 0.149. The Labute approximate surface area is 72.9 Å². The van der Waals surface area contributed by atoms with Crippen LogP contribution in [0, 0.1) is 0 Å². The van der Waals surface area contributed by atoms with Crippen molar-refractivity contribution in [1.29, 1.82) is 0 Å². The molecule has 0 spiro atoms. The molecule has 0 unspecified atom stereocenters. The van der Waals surface area contributed by atoms with Gasteiger partial charge in [0.2, 0.25) is 0 Å². The van der Waals surface area contributed by atoms with E-state index in [1.807, 2.05) is 0 Å². The third-order valence-corrected chi connectivity index (χ3v) is 1.00. The number of ether oxygens (including phenoxy) is 1. The largest absolute Gasteiger partial charge is 0.397 e. The quantitative estimate of drug-likeness (QED) is 0.400. The van der Waals surface area contributed by atoms with E-state index in [-0.39, 0.29) is 6.61 Å². The number of hydrogen-bond donors (Lipinski definition) is 1. The van der Waals surface area contributed by atoms with Crippen molar-refractivity contribution in [1.82, 2.24) is 0 Å². The molecule has 6 heteroatoms. The van der Waals surface area contributed by atoms with Crippen LogP contribution in [0.3, 0.4) is 0 Å². The first-order chi connectivity index (χ1) is 5.56. The van der Waals surface area contributed by atoms with Crippen LogP contribution in [0.2, 0.25) is 0 Å². The van der Waals surface area contributed by atoms with Gasteiger partial charge in [-0.1, -0.05) is 0 Å². The Morgan fingerprint density at radius 2 is 1.83 bits per heavy atom. The summed E-state index contributed by atoms with van der Waals surface area (Å²) in [6, 6.07) is 0. The molecule has 1 saturated heterocycles. The minimum atomic E-state index is -4.17. The van der Waals surface area contributed by atoms with Crippen LogP contribution in [0.1, 0.15) is 6.92 Å². The Morgan fingerprint density at radius 3 is 1.83 bits per heavy atom. The molecule has 1 aliphatic heterocycles. The number of rotatable bonds is 2. The number of epoxide rings is 1. The molecule has 0 amide bonds. The summed E-state index contributed by atoms with van der Waals surface area (Å²) >= 11 is 0. The van der Waals surface area contributed by atoms with Gasteiger partial charge in [-0.05, 0) is 6.92 Å². The zero-order valence-corrected chi connectivity index (χ0v) is 7.84. The topological polar surface area (TPSA) is 76.1 Å². The van der Waals surface area contributed by atoms with Crippen molar-refractivity contribution in [3.8, 4) is 0 Å². The summed E-state index contributed by atoms with van der Waals surface area (Å²) < 4.78 is 35.2. The minimum Gasteiger partial charge on any atom is -0.377 e. The van der Waals surface area contributed by atoms with E-state index in [0.717, 1.165) is 13.2 Å². The van der Waals surface area contributed by atoms with E-state index >= 15 is 0 Å². The van der Waals surface area contributed by atoms with Crippen LogP contribution in [0.25, 0.3) is 0 Å². The van der Waals surface area contributed by atoms with Crippen molar-refractivity contribution in [2.45, 2.75) is 6.92 Å². The average Bonchev–Trinajstić information content (AvgIpc) is 2.73. The zero-order valence-electron chi connectivity index (χ0n) is 7.02. The van der Waals surface area contributed by atoms with Crippen molar-refractivity contribution in [2.75, 3.05) is 19.8 Å². The zero-order chi connectivity index (χ0) is 10.0. The molecule has 74 valence electrons. The highest BCUT2D eigenvalue weighted by molar-refractivity contribution is 7.80. The molecule has 0 aliphatic carbocycles. The van der Waals surface area contributed by atoms with Crippen molar-refractivity contribution < 1.29 is 21.9 Å². The van der Waals surface area contributed by atoms with Crippen molar-refractivity contribution in [3.05, 3.63) is 13.2 Å². The Morgan fingerprint density at radius 1 is 1.50 bits per heavy atom. The maximum absolute atomic E-state index is 9.56. The highest BCUT2D eigenvalue weighted by Crippen LogP contribution is 1.84. The van der Waals surface area contributed by atoms with Crippen molar-refractivity contribution in [2.24, 2.45) is 0 Å². The van der Waals surface area contributed by atoms with Gasteiger partial charge in [0.15, 0.2) is 0 Å². The standard InChI is InChI=1S/C2H6O4S.C2H4O.C2H4/c1-2-6-7(3,4)5;1-2-3-1;1-2/h2H2,1H3,(H,3,4,5);1-2H2;1-2H2. The second-order valence-corrected chi connectivity index (χ2v) is 2.54. The van der Waals surface area contributed by atoms with Crippen LogP contribution < -0.4 is 0 Å². The van der Waals surface area contributed by atoms with Gasteiger partial charge in [-0.2, -0.15) is 8.42 Å². The molecule has 1 aliphatic rings. The van der Waals surface area contributed by atoms with Gasteiger partial charge in [0.1, 0.15) is 0 Å². The van der Waals surface area contributed by atoms with Gasteiger partial charge >= 0.3 is 10.4 Å². The normalized spacial score (nSPS) is 13.2. The van der Waals surface area contributed by atoms with Crippen LogP contribution in [-0.4, -0.2) is 32.8 Å². The molecule has 0 bridgehead atoms. The van der Waals surface area contributed by atoms with Crippen LogP contribution in [0.4, 0.5) is 0 Å². The van der Waals surface area contributed by atoms with Crippen molar-refractivity contribution in [3.63, 3.8) is 0 Å². The maximum atomic E-state index is 9.56. The fourth-order valence-corrected chi connectivity index (χ4v) is 0.447. The summed E-state index contributed by atoms with van der Waals surface area (Å²) in [4.78, 5) is 0. The summed E-state index contributed by atoms with van der Waals surface area (Å²) in [5.41, 5.74) is 0. The van der Waals surface area contributed by atoms with Gasteiger partial charge in [-0.15, -0.1) is 13.2 Å². The lowest BCUT2D eigenvalue weighted by molar-refractivity contribution is 0.283. The van der Waals surface area contributed by atoms with E-state index in [4.69, 9.17) is 4.55 Å². The second kappa shape index (κ2) is 8.66. The van der Waals surface area contributed by atoms with Gasteiger partial charge < -0.3 is 4.74 Å². The molecule has 0 saturated carbocycles. The molecule has 1 N–H and O–H groups in total. The molecule has 0 atom stereocenters. The monoisotopic (exact) mass is 198 g/mol.